The van der Waals surface area contributed by atoms with Crippen LogP contribution in [0.3, 0.4) is 0 Å². The Labute approximate surface area is 124 Å². The van der Waals surface area contributed by atoms with E-state index in [1.807, 2.05) is 0 Å². The first-order valence-electron chi connectivity index (χ1n) is 5.81. The third kappa shape index (κ3) is 2.24. The van der Waals surface area contributed by atoms with E-state index in [1.54, 1.807) is 36.0 Å². The van der Waals surface area contributed by atoms with Crippen molar-refractivity contribution in [3.05, 3.63) is 36.2 Å². The molecule has 21 heavy (non-hydrogen) atoms. The number of anilines is 1. The highest BCUT2D eigenvalue weighted by Crippen LogP contribution is 2.29. The van der Waals surface area contributed by atoms with Gasteiger partial charge in [-0.3, -0.25) is 4.72 Å². The molecule has 7 nitrogen and oxygen atoms in total. The lowest BCUT2D eigenvalue weighted by Crippen LogP contribution is -2.12. The number of aryl methyl sites for hydroxylation is 1. The molecular weight excluding hydrogens is 310 g/mol. The first-order valence-corrected chi connectivity index (χ1v) is 8.07. The summed E-state index contributed by atoms with van der Waals surface area (Å²) in [6, 6.07) is 7.22. The number of nitrogens with one attached hydrogen (secondary N) is 1. The Morgan fingerprint density at radius 3 is 2.90 bits per heavy atom. The highest BCUT2D eigenvalue weighted by atomic mass is 32.2. The van der Waals surface area contributed by atoms with Gasteiger partial charge in [-0.25, -0.2) is 8.42 Å². The number of fused-ring (bicyclic) bond motifs is 1. The van der Waals surface area contributed by atoms with E-state index in [2.05, 4.69) is 20.4 Å². The molecule has 0 radical (unpaired) electrons. The topological polar surface area (TPSA) is 101 Å². The molecule has 1 aromatic carbocycles. The normalized spacial score (nSPS) is 11.4. The van der Waals surface area contributed by atoms with Crippen LogP contribution in [-0.2, 0) is 17.1 Å². The summed E-state index contributed by atoms with van der Waals surface area (Å²) in [6.07, 6.45) is 2.86. The van der Waals surface area contributed by atoms with E-state index < -0.39 is 10.0 Å². The molecule has 2 heterocycles. The molecule has 0 unspecified atom stereocenters. The van der Waals surface area contributed by atoms with E-state index >= 15 is 0 Å². The summed E-state index contributed by atoms with van der Waals surface area (Å²) in [6.45, 7) is 0. The van der Waals surface area contributed by atoms with E-state index in [0.717, 1.165) is 11.5 Å². The fourth-order valence-electron chi connectivity index (χ4n) is 2.11. The minimum Gasteiger partial charge on any atom is -0.347 e. The molecule has 0 fully saturated rings. The average Bonchev–Trinajstić information content (AvgIpc) is 3.07. The van der Waals surface area contributed by atoms with Crippen LogP contribution in [-0.4, -0.2) is 22.6 Å². The van der Waals surface area contributed by atoms with Crippen LogP contribution in [0.25, 0.3) is 10.9 Å². The number of sulfonamides is 1. The van der Waals surface area contributed by atoms with Gasteiger partial charge in [0.25, 0.3) is 10.0 Å². The van der Waals surface area contributed by atoms with E-state index in [0.29, 0.717) is 22.2 Å². The minimum atomic E-state index is -3.73. The predicted octanol–water partition coefficient (Wildman–Crippen LogP) is 1.70. The van der Waals surface area contributed by atoms with Crippen LogP contribution < -0.4 is 4.72 Å². The largest absolute Gasteiger partial charge is 0.347 e. The van der Waals surface area contributed by atoms with Crippen molar-refractivity contribution in [3.63, 3.8) is 0 Å². The van der Waals surface area contributed by atoms with Crippen molar-refractivity contribution < 1.29 is 8.42 Å². The van der Waals surface area contributed by atoms with Crippen molar-refractivity contribution in [3.8, 4) is 6.07 Å². The molecule has 0 amide bonds. The van der Waals surface area contributed by atoms with Crippen molar-refractivity contribution in [2.24, 2.45) is 7.05 Å². The standard InChI is InChI=1S/C12H9N5O2S2/c1-17-7-8(5-13)9-3-2-4-10(12(9)17)15-21(18,19)11-6-14-16-20-11/h2-4,6-7,15H,1H3. The molecule has 0 atom stereocenters. The lowest BCUT2D eigenvalue weighted by molar-refractivity contribution is 0.603. The van der Waals surface area contributed by atoms with Gasteiger partial charge in [0, 0.05) is 30.2 Å². The van der Waals surface area contributed by atoms with Gasteiger partial charge in [-0.1, -0.05) is 16.6 Å². The molecule has 0 saturated carbocycles. The van der Waals surface area contributed by atoms with Crippen molar-refractivity contribution in [2.75, 3.05) is 4.72 Å². The van der Waals surface area contributed by atoms with E-state index in [-0.39, 0.29) is 4.21 Å². The highest BCUT2D eigenvalue weighted by molar-refractivity contribution is 7.94. The summed E-state index contributed by atoms with van der Waals surface area (Å²) < 4.78 is 32.3. The van der Waals surface area contributed by atoms with E-state index in [1.165, 1.54) is 6.20 Å². The summed E-state index contributed by atoms with van der Waals surface area (Å²) in [5.41, 5.74) is 1.55. The number of nitrogens with zero attached hydrogens (tertiary/aromatic N) is 4. The van der Waals surface area contributed by atoms with Crippen LogP contribution in [0.4, 0.5) is 5.69 Å². The minimum absolute atomic E-state index is 0.0363. The summed E-state index contributed by atoms with van der Waals surface area (Å²) in [4.78, 5) is 0. The first kappa shape index (κ1) is 13.5. The second-order valence-corrected chi connectivity index (χ2v) is 7.00. The van der Waals surface area contributed by atoms with Gasteiger partial charge >= 0.3 is 0 Å². The van der Waals surface area contributed by atoms with Crippen LogP contribution in [0, 0.1) is 11.3 Å². The Kier molecular flexibility index (Phi) is 3.12. The fourth-order valence-corrected chi connectivity index (χ4v) is 3.74. The molecule has 3 aromatic rings. The zero-order valence-corrected chi connectivity index (χ0v) is 12.4. The quantitative estimate of drug-likeness (QED) is 0.792. The molecule has 3 rings (SSSR count). The molecule has 2 aromatic heterocycles. The molecule has 106 valence electrons. The maximum absolute atomic E-state index is 12.2. The van der Waals surface area contributed by atoms with E-state index in [9.17, 15) is 8.42 Å². The lowest BCUT2D eigenvalue weighted by Gasteiger charge is -2.08. The maximum atomic E-state index is 12.2. The average molecular weight is 319 g/mol. The highest BCUT2D eigenvalue weighted by Gasteiger charge is 2.19. The summed E-state index contributed by atoms with van der Waals surface area (Å²) in [7, 11) is -1.97. The maximum Gasteiger partial charge on any atom is 0.274 e. The molecular formula is C12H9N5O2S2. The Morgan fingerprint density at radius 2 is 2.24 bits per heavy atom. The number of aromatic nitrogens is 3. The summed E-state index contributed by atoms with van der Waals surface area (Å²) in [5, 5.41) is 13.3. The van der Waals surface area contributed by atoms with E-state index in [4.69, 9.17) is 5.26 Å². The Morgan fingerprint density at radius 1 is 1.43 bits per heavy atom. The molecule has 0 saturated heterocycles. The van der Waals surface area contributed by atoms with Crippen LogP contribution in [0.1, 0.15) is 5.56 Å². The summed E-state index contributed by atoms with van der Waals surface area (Å²) in [5.74, 6) is 0. The van der Waals surface area contributed by atoms with Crippen LogP contribution >= 0.6 is 11.5 Å². The molecule has 0 aliphatic carbocycles. The third-order valence-corrected chi connectivity index (χ3v) is 5.44. The van der Waals surface area contributed by atoms with Gasteiger partial charge < -0.3 is 4.57 Å². The second-order valence-electron chi connectivity index (χ2n) is 4.31. The van der Waals surface area contributed by atoms with Crippen molar-refractivity contribution in [2.45, 2.75) is 4.21 Å². The smallest absolute Gasteiger partial charge is 0.274 e. The Bertz CT molecular complexity index is 952. The van der Waals surface area contributed by atoms with Gasteiger partial charge in [0.05, 0.1) is 23.0 Å². The SMILES string of the molecule is Cn1cc(C#N)c2cccc(NS(=O)(=O)c3cnns3)c21. The second kappa shape index (κ2) is 4.83. The molecule has 0 bridgehead atoms. The number of hydrogen-bond acceptors (Lipinski definition) is 6. The van der Waals surface area contributed by atoms with Gasteiger partial charge in [-0.2, -0.15) is 5.26 Å². The van der Waals surface area contributed by atoms with Gasteiger partial charge in [0.2, 0.25) is 0 Å². The molecule has 0 aliphatic rings. The van der Waals surface area contributed by atoms with Gasteiger partial charge in [-0.15, -0.1) is 5.10 Å². The van der Waals surface area contributed by atoms with Gasteiger partial charge in [0.15, 0.2) is 4.21 Å². The van der Waals surface area contributed by atoms with Gasteiger partial charge in [0.1, 0.15) is 6.07 Å². The Balaban J connectivity index is 2.15. The van der Waals surface area contributed by atoms with Crippen molar-refractivity contribution in [1.29, 1.82) is 5.26 Å². The molecule has 9 heteroatoms. The first-order chi connectivity index (χ1) is 10.0. The Hall–Kier alpha value is -2.44. The molecule has 1 N–H and O–H groups in total. The van der Waals surface area contributed by atoms with Crippen LogP contribution in [0.15, 0.2) is 34.8 Å². The zero-order chi connectivity index (χ0) is 15.0. The fraction of sp³-hybridized carbons (Fsp3) is 0.0833. The number of hydrogen-bond donors (Lipinski definition) is 1. The number of nitriles is 1. The summed E-state index contributed by atoms with van der Waals surface area (Å²) >= 11 is 0.798. The van der Waals surface area contributed by atoms with Gasteiger partial charge in [-0.05, 0) is 6.07 Å². The lowest BCUT2D eigenvalue weighted by atomic mass is 10.2. The predicted molar refractivity (Wildman–Crippen MR) is 78.4 cm³/mol. The van der Waals surface area contributed by atoms with Crippen molar-refractivity contribution in [1.82, 2.24) is 14.2 Å². The van der Waals surface area contributed by atoms with Crippen molar-refractivity contribution >= 4 is 38.1 Å². The number of para-hydroxylation sites is 1. The van der Waals surface area contributed by atoms with Crippen LogP contribution in [0.2, 0.25) is 0 Å². The van der Waals surface area contributed by atoms with Crippen LogP contribution in [0.5, 0.6) is 0 Å². The third-order valence-electron chi connectivity index (χ3n) is 2.97. The molecule has 0 aliphatic heterocycles. The molecule has 0 spiro atoms. The number of benzene rings is 1. The monoisotopic (exact) mass is 319 g/mol. The zero-order valence-electron chi connectivity index (χ0n) is 10.8. The number of rotatable bonds is 3.